The van der Waals surface area contributed by atoms with Crippen LogP contribution in [0.4, 0.5) is 4.79 Å². The van der Waals surface area contributed by atoms with Crippen molar-refractivity contribution in [1.29, 1.82) is 0 Å². The number of nitrogens with zero attached hydrogens (tertiary/aromatic N) is 2. The number of likely N-dealkylation sites (N-methyl/N-ethyl adjacent to an activating group) is 1. The van der Waals surface area contributed by atoms with Gasteiger partial charge in [-0.2, -0.15) is 0 Å². The minimum Gasteiger partial charge on any atom is -0.438 e. The van der Waals surface area contributed by atoms with Crippen molar-refractivity contribution in [3.8, 4) is 11.3 Å². The molecule has 0 unspecified atom stereocenters. The molecule has 39 heavy (non-hydrogen) atoms. The van der Waals surface area contributed by atoms with Crippen LogP contribution in [0, 0.1) is 0 Å². The van der Waals surface area contributed by atoms with Crippen LogP contribution >= 0.6 is 0 Å². The molecule has 0 spiro atoms. The van der Waals surface area contributed by atoms with Gasteiger partial charge in [0.1, 0.15) is 5.60 Å². The Bertz CT molecular complexity index is 1350. The fraction of sp³-hybridized carbons (Fsp3) is 0.406. The van der Waals surface area contributed by atoms with Gasteiger partial charge in [0.2, 0.25) is 5.91 Å². The van der Waals surface area contributed by atoms with Gasteiger partial charge in [-0.05, 0) is 56.9 Å². The van der Waals surface area contributed by atoms with E-state index in [-0.39, 0.29) is 18.0 Å². The Kier molecular flexibility index (Phi) is 6.97. The van der Waals surface area contributed by atoms with Crippen LogP contribution < -0.4 is 5.32 Å². The van der Waals surface area contributed by atoms with Gasteiger partial charge in [0, 0.05) is 32.0 Å². The Balaban J connectivity index is 1.33. The number of hydrogen-bond donors (Lipinski definition) is 2. The highest BCUT2D eigenvalue weighted by Gasteiger charge is 2.52. The van der Waals surface area contributed by atoms with Crippen LogP contribution in [0.5, 0.6) is 0 Å². The molecule has 1 aliphatic heterocycles. The van der Waals surface area contributed by atoms with Crippen molar-refractivity contribution in [1.82, 2.24) is 15.2 Å². The van der Waals surface area contributed by atoms with Crippen molar-refractivity contribution in [2.75, 3.05) is 13.6 Å². The molecule has 7 nitrogen and oxygen atoms in total. The zero-order chi connectivity index (χ0) is 27.8. The summed E-state index contributed by atoms with van der Waals surface area (Å²) in [6.07, 6.45) is 2.14. The van der Waals surface area contributed by atoms with E-state index in [1.807, 2.05) is 79.7 Å². The summed E-state index contributed by atoms with van der Waals surface area (Å²) in [5.41, 5.74) is 2.09. The molecule has 1 saturated carbocycles. The zero-order valence-electron chi connectivity index (χ0n) is 23.1. The van der Waals surface area contributed by atoms with E-state index in [2.05, 4.69) is 5.32 Å². The van der Waals surface area contributed by atoms with Gasteiger partial charge in [0.25, 0.3) is 0 Å². The molecule has 2 fully saturated rings. The zero-order valence-corrected chi connectivity index (χ0v) is 23.1. The first-order valence-electron chi connectivity index (χ1n) is 13.6. The van der Waals surface area contributed by atoms with Crippen LogP contribution in [0.15, 0.2) is 72.8 Å². The van der Waals surface area contributed by atoms with E-state index in [0.717, 1.165) is 40.9 Å². The molecule has 2 amide bonds. The van der Waals surface area contributed by atoms with Gasteiger partial charge < -0.3 is 20.1 Å². The fourth-order valence-corrected chi connectivity index (χ4v) is 5.83. The van der Waals surface area contributed by atoms with Crippen LogP contribution in [0.2, 0.25) is 0 Å². The maximum atomic E-state index is 13.4. The normalized spacial score (nSPS) is 21.2. The number of rotatable bonds is 8. The highest BCUT2D eigenvalue weighted by Crippen LogP contribution is 2.48. The second-order valence-corrected chi connectivity index (χ2v) is 11.5. The number of aliphatic hydroxyl groups is 1. The third kappa shape index (κ3) is 5.28. The standard InChI is InChI=1S/C32H37N3O4/c1-22(35-20-19-32(39-29(35)37,21-30(2,3)38)25-9-6-5-7-10-25)23-13-15-24(16-14-23)26-11-8-12-27(34-26)31(17-18-31)28(36)33-4/h5-16,22,38H,17-21H2,1-4H3,(H,33,36)/t22-,32-/m0/s1. The van der Waals surface area contributed by atoms with E-state index in [1.54, 1.807) is 25.8 Å². The molecular formula is C32H37N3O4. The predicted molar refractivity (Wildman–Crippen MR) is 150 cm³/mol. The lowest BCUT2D eigenvalue weighted by Gasteiger charge is -2.45. The number of aromatic nitrogens is 1. The summed E-state index contributed by atoms with van der Waals surface area (Å²) >= 11 is 0. The van der Waals surface area contributed by atoms with Crippen LogP contribution in [-0.4, -0.2) is 46.2 Å². The van der Waals surface area contributed by atoms with Gasteiger partial charge in [0.15, 0.2) is 0 Å². The van der Waals surface area contributed by atoms with Crippen molar-refractivity contribution < 1.29 is 19.4 Å². The minimum atomic E-state index is -0.995. The second kappa shape index (κ2) is 10.1. The molecule has 2 aliphatic rings. The molecular weight excluding hydrogens is 490 g/mol. The van der Waals surface area contributed by atoms with Crippen molar-refractivity contribution in [3.63, 3.8) is 0 Å². The molecule has 3 aromatic rings. The van der Waals surface area contributed by atoms with Crippen LogP contribution in [-0.2, 0) is 20.5 Å². The lowest BCUT2D eigenvalue weighted by atomic mass is 9.80. The SMILES string of the molecule is CNC(=O)C1(c2cccc(-c3ccc([C@H](C)N4CC[C@](CC(C)(C)O)(c5ccccc5)OC4=O)cc3)n2)CC1. The molecule has 1 saturated heterocycles. The molecule has 0 bridgehead atoms. The van der Waals surface area contributed by atoms with Crippen LogP contribution in [0.1, 0.15) is 69.3 Å². The van der Waals surface area contributed by atoms with E-state index >= 15 is 0 Å². The topological polar surface area (TPSA) is 91.8 Å². The third-order valence-corrected chi connectivity index (χ3v) is 8.10. The van der Waals surface area contributed by atoms with Gasteiger partial charge in [-0.15, -0.1) is 0 Å². The van der Waals surface area contributed by atoms with Crippen LogP contribution in [0.3, 0.4) is 0 Å². The Morgan fingerprint density at radius 3 is 2.33 bits per heavy atom. The summed E-state index contributed by atoms with van der Waals surface area (Å²) in [6, 6.07) is 23.4. The molecule has 1 aromatic heterocycles. The highest BCUT2D eigenvalue weighted by molar-refractivity contribution is 5.90. The van der Waals surface area contributed by atoms with E-state index in [1.165, 1.54) is 0 Å². The van der Waals surface area contributed by atoms with E-state index in [0.29, 0.717) is 19.4 Å². The molecule has 2 heterocycles. The average Bonchev–Trinajstić information content (AvgIpc) is 3.74. The van der Waals surface area contributed by atoms with Gasteiger partial charge in [-0.1, -0.05) is 60.7 Å². The Hall–Kier alpha value is -3.71. The summed E-state index contributed by atoms with van der Waals surface area (Å²) in [5.74, 6) is 0.0172. The number of ether oxygens (including phenoxy) is 1. The summed E-state index contributed by atoms with van der Waals surface area (Å²) < 4.78 is 6.15. The quantitative estimate of drug-likeness (QED) is 0.404. The first-order valence-corrected chi connectivity index (χ1v) is 13.6. The molecule has 1 aliphatic carbocycles. The number of hydrogen-bond acceptors (Lipinski definition) is 5. The number of benzene rings is 2. The van der Waals surface area contributed by atoms with Gasteiger partial charge in [-0.3, -0.25) is 9.78 Å². The first kappa shape index (κ1) is 26.9. The molecule has 0 radical (unpaired) electrons. The van der Waals surface area contributed by atoms with E-state index in [9.17, 15) is 14.7 Å². The van der Waals surface area contributed by atoms with Crippen molar-refractivity contribution in [2.24, 2.45) is 0 Å². The van der Waals surface area contributed by atoms with Crippen molar-refractivity contribution in [2.45, 2.75) is 69.1 Å². The van der Waals surface area contributed by atoms with Gasteiger partial charge in [-0.25, -0.2) is 4.79 Å². The van der Waals surface area contributed by atoms with E-state index < -0.39 is 16.6 Å². The molecule has 204 valence electrons. The Morgan fingerprint density at radius 2 is 1.74 bits per heavy atom. The minimum absolute atomic E-state index is 0.0172. The lowest BCUT2D eigenvalue weighted by molar-refractivity contribution is -0.123. The first-order chi connectivity index (χ1) is 18.6. The van der Waals surface area contributed by atoms with Crippen molar-refractivity contribution in [3.05, 3.63) is 89.6 Å². The predicted octanol–water partition coefficient (Wildman–Crippen LogP) is 5.49. The average molecular weight is 528 g/mol. The second-order valence-electron chi connectivity index (χ2n) is 11.5. The smallest absolute Gasteiger partial charge is 0.411 e. The fourth-order valence-electron chi connectivity index (χ4n) is 5.83. The monoisotopic (exact) mass is 527 g/mol. The van der Waals surface area contributed by atoms with E-state index in [4.69, 9.17) is 9.72 Å². The summed E-state index contributed by atoms with van der Waals surface area (Å²) in [7, 11) is 1.67. The molecule has 2 N–H and O–H groups in total. The lowest BCUT2D eigenvalue weighted by Crippen LogP contribution is -2.51. The van der Waals surface area contributed by atoms with Gasteiger partial charge in [0.05, 0.1) is 28.4 Å². The molecule has 2 aromatic carbocycles. The number of amides is 2. The maximum Gasteiger partial charge on any atom is 0.411 e. The van der Waals surface area contributed by atoms with Gasteiger partial charge >= 0.3 is 6.09 Å². The molecule has 5 rings (SSSR count). The third-order valence-electron chi connectivity index (χ3n) is 8.10. The molecule has 2 atom stereocenters. The number of carbonyl (C=O) groups excluding carboxylic acids is 2. The number of cyclic esters (lactones) is 1. The summed E-state index contributed by atoms with van der Waals surface area (Å²) in [5, 5.41) is 13.4. The maximum absolute atomic E-state index is 13.4. The highest BCUT2D eigenvalue weighted by atomic mass is 16.6. The Labute approximate surface area is 230 Å². The summed E-state index contributed by atoms with van der Waals surface area (Å²) in [6.45, 7) is 6.00. The molecule has 7 heteroatoms. The number of nitrogens with one attached hydrogen (secondary N) is 1. The number of carbonyl (C=O) groups is 2. The summed E-state index contributed by atoms with van der Waals surface area (Å²) in [4.78, 5) is 32.4. The van der Waals surface area contributed by atoms with Crippen molar-refractivity contribution >= 4 is 12.0 Å². The number of pyridine rings is 1. The Morgan fingerprint density at radius 1 is 1.05 bits per heavy atom. The van der Waals surface area contributed by atoms with Crippen LogP contribution in [0.25, 0.3) is 11.3 Å². The largest absolute Gasteiger partial charge is 0.438 e.